The number of likely N-dealkylation sites (tertiary alicyclic amines) is 1. The molecule has 2 N–H and O–H groups in total. The van der Waals surface area contributed by atoms with E-state index in [1.807, 2.05) is 22.7 Å². The monoisotopic (exact) mass is 379 g/mol. The van der Waals surface area contributed by atoms with Gasteiger partial charge in [0.05, 0.1) is 10.6 Å². The molecule has 2 aromatic heterocycles. The van der Waals surface area contributed by atoms with E-state index in [0.717, 1.165) is 11.6 Å². The lowest BCUT2D eigenvalue weighted by molar-refractivity contribution is 0.0532. The number of carbonyl (C=O) groups is 1. The van der Waals surface area contributed by atoms with Crippen LogP contribution in [0.2, 0.25) is 5.02 Å². The van der Waals surface area contributed by atoms with Crippen molar-refractivity contribution in [3.05, 3.63) is 35.2 Å². The third-order valence-corrected chi connectivity index (χ3v) is 6.11. The summed E-state index contributed by atoms with van der Waals surface area (Å²) in [6.07, 6.45) is 5.96. The third kappa shape index (κ3) is 3.83. The average Bonchev–Trinajstić information content (AvgIpc) is 2.96. The fraction of sp³-hybridized carbons (Fsp3) is 0.471. The molecule has 1 unspecified atom stereocenters. The van der Waals surface area contributed by atoms with E-state index in [1.165, 1.54) is 11.8 Å². The van der Waals surface area contributed by atoms with Crippen LogP contribution in [0.25, 0.3) is 0 Å². The fourth-order valence-corrected chi connectivity index (χ4v) is 3.92. The molecular weight excluding hydrogens is 358 g/mol. The van der Waals surface area contributed by atoms with Crippen LogP contribution in [0.5, 0.6) is 0 Å². The zero-order valence-corrected chi connectivity index (χ0v) is 16.1. The van der Waals surface area contributed by atoms with E-state index in [9.17, 15) is 4.79 Å². The molecule has 1 amide bonds. The van der Waals surface area contributed by atoms with Crippen molar-refractivity contribution in [2.24, 2.45) is 18.2 Å². The van der Waals surface area contributed by atoms with Crippen molar-refractivity contribution in [2.75, 3.05) is 13.1 Å². The van der Waals surface area contributed by atoms with Gasteiger partial charge in [0.25, 0.3) is 5.91 Å². The predicted molar refractivity (Wildman–Crippen MR) is 98.9 cm³/mol. The Balaban J connectivity index is 1.76. The van der Waals surface area contributed by atoms with Crippen molar-refractivity contribution in [1.82, 2.24) is 19.4 Å². The molecule has 1 aliphatic rings. The molecule has 6 nitrogen and oxygen atoms in total. The van der Waals surface area contributed by atoms with Crippen molar-refractivity contribution in [1.29, 1.82) is 0 Å². The maximum absolute atomic E-state index is 12.8. The number of nitrogens with zero attached hydrogens (tertiary/aromatic N) is 4. The molecule has 0 aromatic carbocycles. The van der Waals surface area contributed by atoms with Crippen molar-refractivity contribution < 1.29 is 4.79 Å². The topological polar surface area (TPSA) is 77.0 Å². The standard InChI is InChI=1S/C17H22ClN5OS/c1-17(2)10-23(6-4-13(17)19)15(24)11-8-12(18)14(21-9-11)25-16-20-5-7-22(16)3/h5,7-9,13H,4,6,10,19H2,1-3H3. The summed E-state index contributed by atoms with van der Waals surface area (Å²) in [7, 11) is 1.91. The predicted octanol–water partition coefficient (Wildman–Crippen LogP) is 2.82. The molecule has 25 heavy (non-hydrogen) atoms. The number of carbonyl (C=O) groups excluding carboxylic acids is 1. The fourth-order valence-electron chi connectivity index (χ4n) is 2.88. The molecule has 1 aliphatic heterocycles. The summed E-state index contributed by atoms with van der Waals surface area (Å²) in [5.41, 5.74) is 6.55. The molecule has 2 aromatic rings. The summed E-state index contributed by atoms with van der Waals surface area (Å²) < 4.78 is 1.89. The van der Waals surface area contributed by atoms with Gasteiger partial charge in [-0.3, -0.25) is 4.79 Å². The Morgan fingerprint density at radius 1 is 1.44 bits per heavy atom. The lowest BCUT2D eigenvalue weighted by Gasteiger charge is -2.42. The first kappa shape index (κ1) is 18.2. The van der Waals surface area contributed by atoms with Crippen LogP contribution in [0.15, 0.2) is 34.8 Å². The lowest BCUT2D eigenvalue weighted by Crippen LogP contribution is -2.54. The SMILES string of the molecule is Cn1ccnc1Sc1ncc(C(=O)N2CCC(N)C(C)(C)C2)cc1Cl. The summed E-state index contributed by atoms with van der Waals surface area (Å²) in [5, 5.41) is 1.88. The van der Waals surface area contributed by atoms with E-state index in [2.05, 4.69) is 23.8 Å². The van der Waals surface area contributed by atoms with Gasteiger partial charge in [-0.15, -0.1) is 0 Å². The number of hydrogen-bond donors (Lipinski definition) is 1. The number of imidazole rings is 1. The molecule has 8 heteroatoms. The average molecular weight is 380 g/mol. The smallest absolute Gasteiger partial charge is 0.255 e. The Kier molecular flexibility index (Phi) is 5.09. The number of halogens is 1. The molecule has 0 saturated carbocycles. The number of rotatable bonds is 3. The Morgan fingerprint density at radius 2 is 2.20 bits per heavy atom. The minimum absolute atomic E-state index is 0.0529. The van der Waals surface area contributed by atoms with Crippen molar-refractivity contribution in [3.8, 4) is 0 Å². The highest BCUT2D eigenvalue weighted by molar-refractivity contribution is 7.99. The van der Waals surface area contributed by atoms with Crippen LogP contribution in [0.1, 0.15) is 30.6 Å². The van der Waals surface area contributed by atoms with Gasteiger partial charge in [-0.25, -0.2) is 9.97 Å². The van der Waals surface area contributed by atoms with E-state index in [-0.39, 0.29) is 17.4 Å². The highest BCUT2D eigenvalue weighted by Gasteiger charge is 2.35. The molecule has 0 radical (unpaired) electrons. The van der Waals surface area contributed by atoms with Crippen LogP contribution in [0, 0.1) is 5.41 Å². The number of nitrogens with two attached hydrogens (primary N) is 1. The molecule has 0 bridgehead atoms. The Labute approximate surface area is 156 Å². The molecule has 1 fully saturated rings. The number of amides is 1. The summed E-state index contributed by atoms with van der Waals surface area (Å²) in [6, 6.07) is 1.79. The molecule has 1 saturated heterocycles. The van der Waals surface area contributed by atoms with E-state index in [1.54, 1.807) is 18.5 Å². The van der Waals surface area contributed by atoms with Gasteiger partial charge < -0.3 is 15.2 Å². The zero-order valence-electron chi connectivity index (χ0n) is 14.6. The highest BCUT2D eigenvalue weighted by atomic mass is 35.5. The largest absolute Gasteiger partial charge is 0.338 e. The van der Waals surface area contributed by atoms with Gasteiger partial charge in [-0.2, -0.15) is 0 Å². The number of hydrogen-bond acceptors (Lipinski definition) is 5. The number of piperidine rings is 1. The van der Waals surface area contributed by atoms with E-state index in [0.29, 0.717) is 28.7 Å². The summed E-state index contributed by atoms with van der Waals surface area (Å²) in [5.74, 6) is -0.0529. The van der Waals surface area contributed by atoms with Crippen LogP contribution in [-0.4, -0.2) is 44.5 Å². The van der Waals surface area contributed by atoms with Crippen LogP contribution in [0.3, 0.4) is 0 Å². The molecule has 0 aliphatic carbocycles. The van der Waals surface area contributed by atoms with Crippen LogP contribution < -0.4 is 5.73 Å². The van der Waals surface area contributed by atoms with Crippen LogP contribution in [0.4, 0.5) is 0 Å². The van der Waals surface area contributed by atoms with Gasteiger partial charge >= 0.3 is 0 Å². The third-order valence-electron chi connectivity index (χ3n) is 4.62. The molecule has 3 heterocycles. The van der Waals surface area contributed by atoms with E-state index < -0.39 is 0 Å². The maximum Gasteiger partial charge on any atom is 0.255 e. The van der Waals surface area contributed by atoms with Crippen molar-refractivity contribution in [3.63, 3.8) is 0 Å². The number of aryl methyl sites for hydroxylation is 1. The molecule has 0 spiro atoms. The van der Waals surface area contributed by atoms with Crippen molar-refractivity contribution in [2.45, 2.75) is 36.5 Å². The second-order valence-electron chi connectivity index (χ2n) is 7.04. The normalized spacial score (nSPS) is 19.9. The molecule has 1 atom stereocenters. The lowest BCUT2D eigenvalue weighted by atomic mass is 9.79. The van der Waals surface area contributed by atoms with Gasteiger partial charge in [-0.05, 0) is 29.7 Å². The maximum atomic E-state index is 12.8. The first-order chi connectivity index (χ1) is 11.8. The Bertz CT molecular complexity index is 791. The first-order valence-electron chi connectivity index (χ1n) is 8.13. The minimum Gasteiger partial charge on any atom is -0.338 e. The minimum atomic E-state index is -0.0981. The number of pyridine rings is 1. The van der Waals surface area contributed by atoms with E-state index >= 15 is 0 Å². The van der Waals surface area contributed by atoms with Crippen molar-refractivity contribution >= 4 is 29.3 Å². The van der Waals surface area contributed by atoms with E-state index in [4.69, 9.17) is 17.3 Å². The van der Waals surface area contributed by atoms with Crippen LogP contribution >= 0.6 is 23.4 Å². The Hall–Kier alpha value is -1.57. The van der Waals surface area contributed by atoms with Gasteiger partial charge in [0, 0.05) is 44.8 Å². The van der Waals surface area contributed by atoms with Gasteiger partial charge in [-0.1, -0.05) is 25.4 Å². The Morgan fingerprint density at radius 3 is 2.80 bits per heavy atom. The quantitative estimate of drug-likeness (QED) is 0.887. The van der Waals surface area contributed by atoms with Gasteiger partial charge in [0.2, 0.25) is 0 Å². The van der Waals surface area contributed by atoms with Gasteiger partial charge in [0.1, 0.15) is 5.03 Å². The first-order valence-corrected chi connectivity index (χ1v) is 9.33. The second kappa shape index (κ2) is 6.97. The zero-order chi connectivity index (χ0) is 18.2. The molecular formula is C17H22ClN5OS. The number of aromatic nitrogens is 3. The molecule has 3 rings (SSSR count). The summed E-state index contributed by atoms with van der Waals surface area (Å²) in [6.45, 7) is 5.48. The second-order valence-corrected chi connectivity index (χ2v) is 8.41. The summed E-state index contributed by atoms with van der Waals surface area (Å²) in [4.78, 5) is 23.2. The van der Waals surface area contributed by atoms with Gasteiger partial charge in [0.15, 0.2) is 5.16 Å². The highest BCUT2D eigenvalue weighted by Crippen LogP contribution is 2.32. The van der Waals surface area contributed by atoms with Crippen LogP contribution in [-0.2, 0) is 7.05 Å². The summed E-state index contributed by atoms with van der Waals surface area (Å²) >= 11 is 7.72. The molecule has 134 valence electrons.